The molecule has 1 heterocycles. The van der Waals surface area contributed by atoms with Crippen LogP contribution in [-0.2, 0) is 22.7 Å². The van der Waals surface area contributed by atoms with Gasteiger partial charge in [-0.25, -0.2) is 14.0 Å². The van der Waals surface area contributed by atoms with Crippen LogP contribution >= 0.6 is 0 Å². The van der Waals surface area contributed by atoms with Gasteiger partial charge in [0, 0.05) is 56.3 Å². The van der Waals surface area contributed by atoms with Gasteiger partial charge in [-0.2, -0.15) is 0 Å². The fourth-order valence-corrected chi connectivity index (χ4v) is 9.65. The van der Waals surface area contributed by atoms with Gasteiger partial charge in [0.05, 0.1) is 23.2 Å². The van der Waals surface area contributed by atoms with E-state index in [1.807, 2.05) is 43.3 Å². The number of halogens is 1. The number of amides is 2. The molecule has 0 radical (unpaired) electrons. The molecule has 0 unspecified atom stereocenters. The summed E-state index contributed by atoms with van der Waals surface area (Å²) in [6.07, 6.45) is 6.28. The minimum Gasteiger partial charge on any atom is -0.459 e. The molecule has 1 fully saturated rings. The lowest BCUT2D eigenvalue weighted by atomic mass is 9.55. The molecule has 354 valence electrons. The minimum atomic E-state index is -1.68. The van der Waals surface area contributed by atoms with Crippen LogP contribution in [0.3, 0.4) is 0 Å². The molecule has 1 saturated carbocycles. The van der Waals surface area contributed by atoms with Crippen molar-refractivity contribution in [3.8, 4) is 17.2 Å². The number of aliphatic hydroxyl groups excluding tert-OH is 2. The number of allylic oxidation sites excluding steroid dienone is 1. The number of hydrogen-bond acceptors (Lipinski definition) is 12. The summed E-state index contributed by atoms with van der Waals surface area (Å²) in [4.78, 5) is 46.4. The van der Waals surface area contributed by atoms with Crippen LogP contribution in [0.25, 0.3) is 0 Å². The highest BCUT2D eigenvalue weighted by Gasteiger charge is 2.65. The Kier molecular flexibility index (Phi) is 16.4. The van der Waals surface area contributed by atoms with Gasteiger partial charge in [0.25, 0.3) is 5.69 Å². The predicted molar refractivity (Wildman–Crippen MR) is 247 cm³/mol. The Morgan fingerprint density at radius 2 is 1.67 bits per heavy atom. The largest absolute Gasteiger partial charge is 0.459 e. The van der Waals surface area contributed by atoms with Gasteiger partial charge in [0.1, 0.15) is 35.7 Å². The van der Waals surface area contributed by atoms with E-state index in [9.17, 15) is 34.3 Å². The molecule has 0 aromatic heterocycles. The zero-order valence-corrected chi connectivity index (χ0v) is 37.5. The standard InChI is InChI=1S/C51H57FN4O11/c1-3-28-63-51-46(55(33-35-16-18-37(52)19-17-35)50(60)66-39-22-20-38(21-23-39)56(61)62)31-44(54-64-4-2)42-29-36(14-8-10-26-57)41(15-9-11-27-58)47(48(42)51)43-30-40(24-25-45(43)67-51)65-49(59)53-32-34-12-6-5-7-13-34/h3,5-7,12-13,16-25,29-30,36,41,46-48,57-58H,1,4,8-11,14-15,26-28,31-33H2,2H3,(H,53,59)/t36-,41+,46-,47+,48+,51+/m0/s1. The van der Waals surface area contributed by atoms with Gasteiger partial charge in [0.15, 0.2) is 0 Å². The third-order valence-corrected chi connectivity index (χ3v) is 12.6. The maximum atomic E-state index is 14.9. The predicted octanol–water partition coefficient (Wildman–Crippen LogP) is 9.38. The van der Waals surface area contributed by atoms with E-state index in [1.54, 1.807) is 30.3 Å². The molecule has 3 N–H and O–H groups in total. The van der Waals surface area contributed by atoms with Gasteiger partial charge in [-0.15, -0.1) is 6.58 Å². The number of nitrogens with zero attached hydrogens (tertiary/aromatic N) is 3. The van der Waals surface area contributed by atoms with Crippen molar-refractivity contribution >= 4 is 23.6 Å². The smallest absolute Gasteiger partial charge is 0.416 e. The average molecular weight is 921 g/mol. The number of carbonyl (C=O) groups excluding carboxylic acids is 2. The Balaban J connectivity index is 1.40. The first-order valence-electron chi connectivity index (χ1n) is 22.8. The third-order valence-electron chi connectivity index (χ3n) is 12.6. The van der Waals surface area contributed by atoms with Crippen LogP contribution in [0.5, 0.6) is 17.2 Å². The average Bonchev–Trinajstić information content (AvgIpc) is 3.33. The molecular weight excluding hydrogens is 864 g/mol. The molecule has 4 aromatic carbocycles. The van der Waals surface area contributed by atoms with Crippen molar-refractivity contribution in [1.82, 2.24) is 10.2 Å². The number of ether oxygens (including phenoxy) is 4. The van der Waals surface area contributed by atoms with E-state index in [2.05, 4.69) is 18.0 Å². The summed E-state index contributed by atoms with van der Waals surface area (Å²) >= 11 is 0. The number of nitrogens with one attached hydrogen (secondary N) is 1. The Morgan fingerprint density at radius 3 is 2.36 bits per heavy atom. The third kappa shape index (κ3) is 11.3. The molecule has 2 aliphatic carbocycles. The van der Waals surface area contributed by atoms with E-state index in [0.29, 0.717) is 42.7 Å². The van der Waals surface area contributed by atoms with Crippen LogP contribution in [0.4, 0.5) is 19.7 Å². The lowest BCUT2D eigenvalue weighted by Gasteiger charge is -2.59. The zero-order valence-electron chi connectivity index (χ0n) is 37.5. The summed E-state index contributed by atoms with van der Waals surface area (Å²) in [6.45, 7) is 6.19. The Morgan fingerprint density at radius 1 is 0.955 bits per heavy atom. The quantitative estimate of drug-likeness (QED) is 0.0312. The van der Waals surface area contributed by atoms with Gasteiger partial charge < -0.3 is 39.3 Å². The number of fused-ring (bicyclic) bond motifs is 2. The normalized spacial score (nSPS) is 22.0. The van der Waals surface area contributed by atoms with Crippen molar-refractivity contribution in [2.24, 2.45) is 22.9 Å². The zero-order chi connectivity index (χ0) is 47.3. The number of oxime groups is 1. The fourth-order valence-electron chi connectivity index (χ4n) is 9.65. The highest BCUT2D eigenvalue weighted by Crippen LogP contribution is 2.62. The van der Waals surface area contributed by atoms with E-state index in [0.717, 1.165) is 29.5 Å². The van der Waals surface area contributed by atoms with Gasteiger partial charge in [0.2, 0.25) is 5.79 Å². The van der Waals surface area contributed by atoms with Gasteiger partial charge >= 0.3 is 12.2 Å². The molecule has 0 saturated heterocycles. The van der Waals surface area contributed by atoms with E-state index in [-0.39, 0.29) is 75.0 Å². The molecule has 0 spiro atoms. The lowest BCUT2D eigenvalue weighted by molar-refractivity contribution is -0.384. The summed E-state index contributed by atoms with van der Waals surface area (Å²) in [6, 6.07) is 24.5. The number of unbranched alkanes of at least 4 members (excludes halogenated alkanes) is 2. The van der Waals surface area contributed by atoms with E-state index in [1.165, 1.54) is 41.3 Å². The molecule has 6 atom stereocenters. The second-order valence-electron chi connectivity index (χ2n) is 16.8. The maximum absolute atomic E-state index is 14.9. The second kappa shape index (κ2) is 22.7. The summed E-state index contributed by atoms with van der Waals surface area (Å²) in [5, 5.41) is 38.9. The Hall–Kier alpha value is -6.62. The lowest BCUT2D eigenvalue weighted by Crippen LogP contribution is -2.70. The van der Waals surface area contributed by atoms with Crippen LogP contribution in [0.1, 0.15) is 74.5 Å². The highest BCUT2D eigenvalue weighted by atomic mass is 19.1. The van der Waals surface area contributed by atoms with Crippen LogP contribution < -0.4 is 19.5 Å². The maximum Gasteiger partial charge on any atom is 0.416 e. The molecular formula is C51H57FN4O11. The molecule has 3 aliphatic rings. The van der Waals surface area contributed by atoms with Crippen molar-refractivity contribution in [3.05, 3.63) is 154 Å². The monoisotopic (exact) mass is 920 g/mol. The number of benzene rings is 4. The topological polar surface area (TPSA) is 192 Å². The summed E-state index contributed by atoms with van der Waals surface area (Å²) in [5.41, 5.74) is 3.32. The molecule has 16 heteroatoms. The molecule has 2 amide bonds. The van der Waals surface area contributed by atoms with Crippen molar-refractivity contribution in [3.63, 3.8) is 0 Å². The van der Waals surface area contributed by atoms with Crippen molar-refractivity contribution in [1.29, 1.82) is 0 Å². The number of hydrogen-bond donors (Lipinski definition) is 3. The van der Waals surface area contributed by atoms with E-state index >= 15 is 0 Å². The SMILES string of the molecule is C=CCO[C@@]12Oc3ccc(OC(=O)NCc4ccccc4)cc3[C@H]3[C@H](CCCCO)[C@@H](CCCCO)C=C(C(=NOCC)C[C@@H]1N(Cc1ccc(F)cc1)C(=O)Oc1ccc([N+](=O)[O-])cc1)[C@H]32. The van der Waals surface area contributed by atoms with Crippen LogP contribution in [0.15, 0.2) is 127 Å². The number of aliphatic hydroxyl groups is 2. The van der Waals surface area contributed by atoms with Crippen LogP contribution in [-0.4, -0.2) is 76.2 Å². The number of rotatable bonds is 21. The number of nitro benzene ring substituents is 1. The van der Waals surface area contributed by atoms with Crippen LogP contribution in [0.2, 0.25) is 0 Å². The van der Waals surface area contributed by atoms with Gasteiger partial charge in [-0.1, -0.05) is 72.6 Å². The van der Waals surface area contributed by atoms with Crippen molar-refractivity contribution in [2.45, 2.75) is 82.7 Å². The first-order valence-corrected chi connectivity index (χ1v) is 22.8. The molecule has 4 aromatic rings. The van der Waals surface area contributed by atoms with Crippen LogP contribution in [0, 0.1) is 33.7 Å². The molecule has 7 rings (SSSR count). The first kappa shape index (κ1) is 48.3. The molecule has 1 aliphatic heterocycles. The molecule has 0 bridgehead atoms. The highest BCUT2D eigenvalue weighted by molar-refractivity contribution is 6.03. The Labute approximate surface area is 389 Å². The second-order valence-corrected chi connectivity index (χ2v) is 16.8. The number of carbonyl (C=O) groups is 2. The summed E-state index contributed by atoms with van der Waals surface area (Å²) < 4.78 is 40.6. The van der Waals surface area contributed by atoms with Gasteiger partial charge in [-0.05, 0) is 104 Å². The first-order chi connectivity index (χ1) is 32.6. The number of nitro groups is 1. The van der Waals surface area contributed by atoms with E-state index in [4.69, 9.17) is 28.9 Å². The summed E-state index contributed by atoms with van der Waals surface area (Å²) in [7, 11) is 0. The minimum absolute atomic E-state index is 0.00169. The fraction of sp³-hybridized carbons (Fsp3) is 0.392. The Bertz CT molecular complexity index is 2400. The van der Waals surface area contributed by atoms with Crippen molar-refractivity contribution < 1.29 is 52.9 Å². The van der Waals surface area contributed by atoms with Crippen molar-refractivity contribution in [2.75, 3.05) is 26.4 Å². The number of non-ortho nitro benzene ring substituents is 1. The van der Waals surface area contributed by atoms with Gasteiger partial charge in [-0.3, -0.25) is 15.0 Å². The summed E-state index contributed by atoms with van der Waals surface area (Å²) in [5.74, 6) is -2.73. The molecule has 15 nitrogen and oxygen atoms in total. The van der Waals surface area contributed by atoms with E-state index < -0.39 is 46.6 Å². The molecule has 67 heavy (non-hydrogen) atoms.